The van der Waals surface area contributed by atoms with Crippen LogP contribution < -0.4 is 10.0 Å². The second-order valence-corrected chi connectivity index (χ2v) is 8.43. The molecule has 0 aliphatic heterocycles. The SMILES string of the molecule is CSNC(=O)CCCSSCCNC(=O)CCCC(C)C. The molecule has 0 saturated carbocycles. The minimum absolute atomic E-state index is 0.0989. The Labute approximate surface area is 141 Å². The average Bonchev–Trinajstić information content (AvgIpc) is 2.41. The minimum atomic E-state index is 0.0989. The summed E-state index contributed by atoms with van der Waals surface area (Å²) in [6.07, 6.45) is 6.05. The Bertz CT molecular complexity index is 289. The van der Waals surface area contributed by atoms with E-state index < -0.39 is 0 Å². The van der Waals surface area contributed by atoms with Crippen LogP contribution in [-0.2, 0) is 9.59 Å². The van der Waals surface area contributed by atoms with Gasteiger partial charge in [0.1, 0.15) is 0 Å². The Morgan fingerprint density at radius 3 is 2.33 bits per heavy atom. The third kappa shape index (κ3) is 16.2. The van der Waals surface area contributed by atoms with Crippen LogP contribution >= 0.6 is 33.5 Å². The van der Waals surface area contributed by atoms with E-state index >= 15 is 0 Å². The number of carbonyl (C=O) groups is 2. The highest BCUT2D eigenvalue weighted by atomic mass is 33.1. The summed E-state index contributed by atoms with van der Waals surface area (Å²) in [5, 5.41) is 2.94. The molecule has 0 fully saturated rings. The van der Waals surface area contributed by atoms with Crippen molar-refractivity contribution < 1.29 is 9.59 Å². The zero-order valence-electron chi connectivity index (χ0n) is 13.3. The highest BCUT2D eigenvalue weighted by molar-refractivity contribution is 8.76. The second kappa shape index (κ2) is 14.9. The molecule has 2 amide bonds. The number of amides is 2. The molecule has 0 atom stereocenters. The van der Waals surface area contributed by atoms with Gasteiger partial charge in [0.2, 0.25) is 11.8 Å². The average molecular weight is 353 g/mol. The number of hydrogen-bond acceptors (Lipinski definition) is 5. The van der Waals surface area contributed by atoms with Crippen LogP contribution in [-0.4, -0.2) is 36.1 Å². The van der Waals surface area contributed by atoms with Crippen LogP contribution in [0.25, 0.3) is 0 Å². The molecule has 21 heavy (non-hydrogen) atoms. The maximum Gasteiger partial charge on any atom is 0.229 e. The quantitative estimate of drug-likeness (QED) is 0.302. The van der Waals surface area contributed by atoms with Gasteiger partial charge < -0.3 is 10.0 Å². The molecule has 4 nitrogen and oxygen atoms in total. The maximum absolute atomic E-state index is 11.5. The Kier molecular flexibility index (Phi) is 14.9. The lowest BCUT2D eigenvalue weighted by Gasteiger charge is -2.06. The molecule has 124 valence electrons. The molecule has 0 saturated heterocycles. The number of carbonyl (C=O) groups excluding carboxylic acids is 2. The van der Waals surface area contributed by atoms with Gasteiger partial charge in [0.15, 0.2) is 0 Å². The molecule has 0 bridgehead atoms. The predicted octanol–water partition coefficient (Wildman–Crippen LogP) is 3.48. The molecule has 0 heterocycles. The van der Waals surface area contributed by atoms with E-state index in [1.807, 2.05) is 6.26 Å². The van der Waals surface area contributed by atoms with E-state index in [1.54, 1.807) is 21.6 Å². The van der Waals surface area contributed by atoms with Crippen molar-refractivity contribution in [2.24, 2.45) is 5.92 Å². The number of hydrogen-bond donors (Lipinski definition) is 2. The third-order valence-corrected chi connectivity index (χ3v) is 5.55. The van der Waals surface area contributed by atoms with E-state index in [9.17, 15) is 9.59 Å². The molecule has 0 radical (unpaired) electrons. The summed E-state index contributed by atoms with van der Waals surface area (Å²) in [6.45, 7) is 5.08. The van der Waals surface area contributed by atoms with Gasteiger partial charge in [0.05, 0.1) is 0 Å². The molecule has 0 aliphatic carbocycles. The van der Waals surface area contributed by atoms with Crippen molar-refractivity contribution in [3.63, 3.8) is 0 Å². The van der Waals surface area contributed by atoms with Gasteiger partial charge in [-0.25, -0.2) is 0 Å². The summed E-state index contributed by atoms with van der Waals surface area (Å²) in [4.78, 5) is 22.7. The van der Waals surface area contributed by atoms with E-state index in [2.05, 4.69) is 23.9 Å². The molecule has 2 N–H and O–H groups in total. The lowest BCUT2D eigenvalue weighted by atomic mass is 10.1. The molecule has 0 aromatic rings. The maximum atomic E-state index is 11.5. The molecular formula is C14H28N2O2S3. The van der Waals surface area contributed by atoms with Gasteiger partial charge in [-0.3, -0.25) is 9.59 Å². The molecule has 7 heteroatoms. The van der Waals surface area contributed by atoms with Crippen molar-refractivity contribution in [3.8, 4) is 0 Å². The fourth-order valence-corrected chi connectivity index (χ4v) is 3.89. The van der Waals surface area contributed by atoms with Crippen LogP contribution in [0, 0.1) is 5.92 Å². The molecule has 0 unspecified atom stereocenters. The fraction of sp³-hybridized carbons (Fsp3) is 0.857. The largest absolute Gasteiger partial charge is 0.355 e. The first-order valence-corrected chi connectivity index (χ1v) is 11.1. The van der Waals surface area contributed by atoms with E-state index in [4.69, 9.17) is 0 Å². The topological polar surface area (TPSA) is 58.2 Å². The van der Waals surface area contributed by atoms with Crippen LogP contribution in [0.5, 0.6) is 0 Å². The summed E-state index contributed by atoms with van der Waals surface area (Å²) >= 11 is 1.34. The molecule has 0 rings (SSSR count). The van der Waals surface area contributed by atoms with Gasteiger partial charge in [-0.15, -0.1) is 0 Å². The van der Waals surface area contributed by atoms with Gasteiger partial charge >= 0.3 is 0 Å². The smallest absolute Gasteiger partial charge is 0.229 e. The van der Waals surface area contributed by atoms with Crippen LogP contribution in [0.15, 0.2) is 0 Å². The van der Waals surface area contributed by atoms with Gasteiger partial charge in [0, 0.05) is 37.1 Å². The van der Waals surface area contributed by atoms with Gasteiger partial charge in [-0.05, 0) is 18.8 Å². The van der Waals surface area contributed by atoms with Crippen molar-refractivity contribution >= 4 is 45.4 Å². The fourth-order valence-electron chi connectivity index (χ4n) is 1.57. The molecule has 0 aromatic heterocycles. The zero-order valence-corrected chi connectivity index (χ0v) is 15.7. The van der Waals surface area contributed by atoms with Crippen molar-refractivity contribution in [1.82, 2.24) is 10.0 Å². The first kappa shape index (κ1) is 21.0. The summed E-state index contributed by atoms with van der Waals surface area (Å²) in [5.41, 5.74) is 0. The standard InChI is InChI=1S/C14H28N2O2S3/c1-12(2)6-4-7-13(17)15-9-11-21-20-10-5-8-14(18)16-19-3/h12H,4-11H2,1-3H3,(H,15,17)(H,16,18). The lowest BCUT2D eigenvalue weighted by molar-refractivity contribution is -0.121. The second-order valence-electron chi connectivity index (χ2n) is 5.11. The van der Waals surface area contributed by atoms with Crippen molar-refractivity contribution in [3.05, 3.63) is 0 Å². The highest BCUT2D eigenvalue weighted by Gasteiger charge is 2.02. The normalized spacial score (nSPS) is 10.7. The van der Waals surface area contributed by atoms with Crippen LogP contribution in [0.2, 0.25) is 0 Å². The van der Waals surface area contributed by atoms with Crippen molar-refractivity contribution in [1.29, 1.82) is 0 Å². The van der Waals surface area contributed by atoms with Gasteiger partial charge in [-0.1, -0.05) is 53.8 Å². The van der Waals surface area contributed by atoms with Crippen LogP contribution in [0.3, 0.4) is 0 Å². The Hall–Kier alpha value is -0.0100. The Morgan fingerprint density at radius 1 is 1.00 bits per heavy atom. The monoisotopic (exact) mass is 352 g/mol. The predicted molar refractivity (Wildman–Crippen MR) is 97.5 cm³/mol. The molecule has 0 aliphatic rings. The van der Waals surface area contributed by atoms with Gasteiger partial charge in [-0.2, -0.15) is 0 Å². The summed E-state index contributed by atoms with van der Waals surface area (Å²) in [7, 11) is 3.52. The van der Waals surface area contributed by atoms with Crippen LogP contribution in [0.4, 0.5) is 0 Å². The highest BCUT2D eigenvalue weighted by Crippen LogP contribution is 2.21. The first-order chi connectivity index (χ1) is 10.1. The first-order valence-electron chi connectivity index (χ1n) is 7.39. The van der Waals surface area contributed by atoms with E-state index in [1.165, 1.54) is 11.9 Å². The number of rotatable bonds is 13. The zero-order chi connectivity index (χ0) is 15.9. The molecule has 0 spiro atoms. The third-order valence-electron chi connectivity index (χ3n) is 2.62. The van der Waals surface area contributed by atoms with E-state index in [0.717, 1.165) is 37.3 Å². The summed E-state index contributed by atoms with van der Waals surface area (Å²) < 4.78 is 2.71. The van der Waals surface area contributed by atoms with E-state index in [0.29, 0.717) is 18.8 Å². The summed E-state index contributed by atoms with van der Waals surface area (Å²) in [6, 6.07) is 0. The lowest BCUT2D eigenvalue weighted by Crippen LogP contribution is -2.25. The number of nitrogens with one attached hydrogen (secondary N) is 2. The molecule has 0 aromatic carbocycles. The Morgan fingerprint density at radius 2 is 1.67 bits per heavy atom. The van der Waals surface area contributed by atoms with Crippen molar-refractivity contribution in [2.75, 3.05) is 24.3 Å². The Balaban J connectivity index is 3.25. The summed E-state index contributed by atoms with van der Waals surface area (Å²) in [5.74, 6) is 2.81. The molecular weight excluding hydrogens is 324 g/mol. The van der Waals surface area contributed by atoms with E-state index in [-0.39, 0.29) is 11.8 Å². The van der Waals surface area contributed by atoms with Crippen LogP contribution in [0.1, 0.15) is 46.0 Å². The van der Waals surface area contributed by atoms with Gasteiger partial charge in [0.25, 0.3) is 0 Å². The minimum Gasteiger partial charge on any atom is -0.355 e. The van der Waals surface area contributed by atoms with Crippen molar-refractivity contribution in [2.45, 2.75) is 46.0 Å².